The summed E-state index contributed by atoms with van der Waals surface area (Å²) in [6.07, 6.45) is 1.72. The number of Topliss-reactive ketones (excluding diaryl/α,β-unsaturated/α-hetero) is 1. The molecule has 0 spiro atoms. The fourth-order valence-corrected chi connectivity index (χ4v) is 2.72. The van der Waals surface area contributed by atoms with Crippen molar-refractivity contribution in [3.63, 3.8) is 0 Å². The molecule has 1 aromatic carbocycles. The van der Waals surface area contributed by atoms with Crippen LogP contribution in [0.5, 0.6) is 0 Å². The summed E-state index contributed by atoms with van der Waals surface area (Å²) >= 11 is 1.38. The van der Waals surface area contributed by atoms with Gasteiger partial charge < -0.3 is 0 Å². The number of benzene rings is 1. The minimum atomic E-state index is 0.126. The maximum atomic E-state index is 12.3. The van der Waals surface area contributed by atoms with Crippen LogP contribution in [-0.2, 0) is 0 Å². The van der Waals surface area contributed by atoms with Crippen LogP contribution in [0.1, 0.15) is 32.7 Å². The van der Waals surface area contributed by atoms with Crippen molar-refractivity contribution < 1.29 is 4.79 Å². The van der Waals surface area contributed by atoms with E-state index in [9.17, 15) is 4.79 Å². The van der Waals surface area contributed by atoms with Gasteiger partial charge in [0, 0.05) is 17.5 Å². The lowest BCUT2D eigenvalue weighted by Crippen LogP contribution is -2.06. The second-order valence-electron chi connectivity index (χ2n) is 4.94. The SMILES string of the molecule is Cc1ccnc(SCC(=O)c2cc(C)c(C)cc2C)n1. The lowest BCUT2D eigenvalue weighted by Gasteiger charge is -2.08. The van der Waals surface area contributed by atoms with Crippen LogP contribution in [0.4, 0.5) is 0 Å². The Balaban J connectivity index is 2.11. The van der Waals surface area contributed by atoms with Crippen LogP contribution in [-0.4, -0.2) is 21.5 Å². The van der Waals surface area contributed by atoms with Gasteiger partial charge in [-0.25, -0.2) is 9.97 Å². The molecule has 0 unspecified atom stereocenters. The van der Waals surface area contributed by atoms with Gasteiger partial charge in [-0.3, -0.25) is 4.79 Å². The Morgan fingerprint density at radius 2 is 1.80 bits per heavy atom. The molecular formula is C16H18N2OS. The Bertz CT molecular complexity index is 653. The van der Waals surface area contributed by atoms with Crippen molar-refractivity contribution in [1.82, 2.24) is 9.97 Å². The monoisotopic (exact) mass is 286 g/mol. The van der Waals surface area contributed by atoms with E-state index in [1.807, 2.05) is 32.9 Å². The van der Waals surface area contributed by atoms with E-state index in [2.05, 4.69) is 23.0 Å². The molecule has 0 aliphatic carbocycles. The zero-order valence-electron chi connectivity index (χ0n) is 12.2. The van der Waals surface area contributed by atoms with E-state index < -0.39 is 0 Å². The van der Waals surface area contributed by atoms with Gasteiger partial charge in [0.25, 0.3) is 0 Å². The molecule has 2 rings (SSSR count). The van der Waals surface area contributed by atoms with Gasteiger partial charge in [-0.15, -0.1) is 0 Å². The zero-order valence-corrected chi connectivity index (χ0v) is 13.0. The number of aryl methyl sites for hydroxylation is 4. The quantitative estimate of drug-likeness (QED) is 0.488. The first-order chi connectivity index (χ1) is 9.47. The Hall–Kier alpha value is -1.68. The smallest absolute Gasteiger partial charge is 0.188 e. The first-order valence-electron chi connectivity index (χ1n) is 6.51. The molecule has 0 saturated carbocycles. The minimum absolute atomic E-state index is 0.126. The van der Waals surface area contributed by atoms with Crippen LogP contribution >= 0.6 is 11.8 Å². The summed E-state index contributed by atoms with van der Waals surface area (Å²) in [5.41, 5.74) is 5.11. The average Bonchev–Trinajstić information content (AvgIpc) is 2.40. The van der Waals surface area contributed by atoms with E-state index in [0.717, 1.165) is 22.4 Å². The molecule has 0 aliphatic heterocycles. The molecule has 2 aromatic rings. The van der Waals surface area contributed by atoms with Gasteiger partial charge in [0.05, 0.1) is 5.75 Å². The van der Waals surface area contributed by atoms with Gasteiger partial charge in [0.2, 0.25) is 0 Å². The van der Waals surface area contributed by atoms with Crippen molar-refractivity contribution in [2.75, 3.05) is 5.75 Å². The Labute approximate surface area is 123 Å². The van der Waals surface area contributed by atoms with E-state index in [0.29, 0.717) is 10.9 Å². The molecule has 1 aromatic heterocycles. The second kappa shape index (κ2) is 6.18. The van der Waals surface area contributed by atoms with Crippen molar-refractivity contribution in [3.8, 4) is 0 Å². The maximum absolute atomic E-state index is 12.3. The number of rotatable bonds is 4. The van der Waals surface area contributed by atoms with Crippen molar-refractivity contribution in [2.24, 2.45) is 0 Å². The number of thioether (sulfide) groups is 1. The molecule has 0 N–H and O–H groups in total. The third kappa shape index (κ3) is 3.45. The number of aromatic nitrogens is 2. The van der Waals surface area contributed by atoms with Crippen LogP contribution in [0.25, 0.3) is 0 Å². The summed E-state index contributed by atoms with van der Waals surface area (Å²) in [4.78, 5) is 20.8. The summed E-state index contributed by atoms with van der Waals surface area (Å²) in [7, 11) is 0. The van der Waals surface area contributed by atoms with Crippen LogP contribution < -0.4 is 0 Å². The summed E-state index contributed by atoms with van der Waals surface area (Å²) < 4.78 is 0. The molecule has 0 aliphatic rings. The predicted octanol–water partition coefficient (Wildman–Crippen LogP) is 3.69. The predicted molar refractivity (Wildman–Crippen MR) is 82.5 cm³/mol. The van der Waals surface area contributed by atoms with Gasteiger partial charge in [-0.2, -0.15) is 0 Å². The minimum Gasteiger partial charge on any atom is -0.293 e. The van der Waals surface area contributed by atoms with E-state index in [1.54, 1.807) is 6.20 Å². The number of nitrogens with zero attached hydrogens (tertiary/aromatic N) is 2. The van der Waals surface area contributed by atoms with Gasteiger partial charge in [-0.05, 0) is 56.5 Å². The molecular weight excluding hydrogens is 268 g/mol. The van der Waals surface area contributed by atoms with Crippen LogP contribution in [0.15, 0.2) is 29.6 Å². The number of ketones is 1. The summed E-state index contributed by atoms with van der Waals surface area (Å²) in [5.74, 6) is 0.494. The average molecular weight is 286 g/mol. The molecule has 0 fully saturated rings. The molecule has 0 saturated heterocycles. The van der Waals surface area contributed by atoms with E-state index in [-0.39, 0.29) is 5.78 Å². The highest BCUT2D eigenvalue weighted by Crippen LogP contribution is 2.19. The number of hydrogen-bond acceptors (Lipinski definition) is 4. The van der Waals surface area contributed by atoms with Crippen molar-refractivity contribution in [1.29, 1.82) is 0 Å². The Morgan fingerprint density at radius 1 is 1.10 bits per heavy atom. The second-order valence-corrected chi connectivity index (χ2v) is 5.89. The van der Waals surface area contributed by atoms with Crippen molar-refractivity contribution in [3.05, 3.63) is 52.3 Å². The summed E-state index contributed by atoms with van der Waals surface area (Å²) in [6.45, 7) is 7.99. The van der Waals surface area contributed by atoms with Gasteiger partial charge in [-0.1, -0.05) is 17.8 Å². The number of hydrogen-bond donors (Lipinski definition) is 0. The summed E-state index contributed by atoms with van der Waals surface area (Å²) in [5, 5.41) is 0.653. The van der Waals surface area contributed by atoms with Crippen LogP contribution in [0.2, 0.25) is 0 Å². The number of carbonyl (C=O) groups excluding carboxylic acids is 1. The lowest BCUT2D eigenvalue weighted by molar-refractivity contribution is 0.102. The molecule has 0 atom stereocenters. The fraction of sp³-hybridized carbons (Fsp3) is 0.312. The highest BCUT2D eigenvalue weighted by Gasteiger charge is 2.12. The molecule has 4 heteroatoms. The standard InChI is InChI=1S/C16H18N2OS/c1-10-7-12(3)14(8-11(10)2)15(19)9-20-16-17-6-5-13(4)18-16/h5-8H,9H2,1-4H3. The largest absolute Gasteiger partial charge is 0.293 e. The Kier molecular flexibility index (Phi) is 4.55. The lowest BCUT2D eigenvalue weighted by atomic mass is 9.99. The molecule has 1 heterocycles. The Morgan fingerprint density at radius 3 is 2.50 bits per heavy atom. The van der Waals surface area contributed by atoms with E-state index in [4.69, 9.17) is 0 Å². The highest BCUT2D eigenvalue weighted by molar-refractivity contribution is 7.99. The molecule has 0 amide bonds. The normalized spacial score (nSPS) is 10.6. The fourth-order valence-electron chi connectivity index (χ4n) is 1.96. The molecule has 0 bridgehead atoms. The number of carbonyl (C=O) groups is 1. The van der Waals surface area contributed by atoms with Gasteiger partial charge in [0.1, 0.15) is 0 Å². The van der Waals surface area contributed by atoms with Gasteiger partial charge >= 0.3 is 0 Å². The van der Waals surface area contributed by atoms with Crippen LogP contribution in [0, 0.1) is 27.7 Å². The van der Waals surface area contributed by atoms with Gasteiger partial charge in [0.15, 0.2) is 10.9 Å². The third-order valence-electron chi connectivity index (χ3n) is 3.25. The molecule has 104 valence electrons. The first kappa shape index (κ1) is 14.7. The third-order valence-corrected chi connectivity index (χ3v) is 4.11. The maximum Gasteiger partial charge on any atom is 0.188 e. The zero-order chi connectivity index (χ0) is 14.7. The van der Waals surface area contributed by atoms with E-state index in [1.165, 1.54) is 17.3 Å². The molecule has 3 nitrogen and oxygen atoms in total. The topological polar surface area (TPSA) is 42.9 Å². The van der Waals surface area contributed by atoms with E-state index >= 15 is 0 Å². The molecule has 0 radical (unpaired) electrons. The van der Waals surface area contributed by atoms with Crippen molar-refractivity contribution >= 4 is 17.5 Å². The van der Waals surface area contributed by atoms with Crippen molar-refractivity contribution in [2.45, 2.75) is 32.9 Å². The first-order valence-corrected chi connectivity index (χ1v) is 7.49. The molecule has 20 heavy (non-hydrogen) atoms. The highest BCUT2D eigenvalue weighted by atomic mass is 32.2. The summed E-state index contributed by atoms with van der Waals surface area (Å²) in [6, 6.07) is 5.89. The van der Waals surface area contributed by atoms with Crippen LogP contribution in [0.3, 0.4) is 0 Å².